The number of halogens is 2. The van der Waals surface area contributed by atoms with E-state index >= 15 is 0 Å². The molecule has 3 aromatic carbocycles. The van der Waals surface area contributed by atoms with E-state index in [0.717, 1.165) is 22.5 Å². The zero-order valence-corrected chi connectivity index (χ0v) is 15.7. The molecular weight excluding hydrogens is 377 g/mol. The minimum atomic E-state index is 0.307. The summed E-state index contributed by atoms with van der Waals surface area (Å²) in [6.07, 6.45) is 0. The molecule has 0 unspecified atom stereocenters. The van der Waals surface area contributed by atoms with E-state index < -0.39 is 0 Å². The van der Waals surface area contributed by atoms with Crippen LogP contribution >= 0.6 is 23.2 Å². The Morgan fingerprint density at radius 1 is 0.704 bits per heavy atom. The molecule has 132 valence electrons. The normalized spacial score (nSPS) is 10.7. The van der Waals surface area contributed by atoms with Crippen molar-refractivity contribution >= 4 is 23.2 Å². The highest BCUT2D eigenvalue weighted by atomic mass is 35.5. The van der Waals surface area contributed by atoms with Gasteiger partial charge in [-0.15, -0.1) is 0 Å². The molecule has 4 aromatic rings. The quantitative estimate of drug-likeness (QED) is 0.457. The second kappa shape index (κ2) is 7.39. The first-order valence-electron chi connectivity index (χ1n) is 8.38. The Kier molecular flexibility index (Phi) is 4.80. The Hall–Kier alpha value is -2.88. The topological polar surface area (TPSA) is 41.7 Å². The molecule has 0 fully saturated rings. The van der Waals surface area contributed by atoms with Crippen molar-refractivity contribution in [1.29, 1.82) is 5.41 Å². The highest BCUT2D eigenvalue weighted by Crippen LogP contribution is 2.27. The maximum atomic E-state index is 8.66. The Balaban J connectivity index is 2.00. The van der Waals surface area contributed by atoms with Crippen molar-refractivity contribution in [2.24, 2.45) is 0 Å². The van der Waals surface area contributed by atoms with Gasteiger partial charge in [-0.3, -0.25) is 9.98 Å². The lowest BCUT2D eigenvalue weighted by molar-refractivity contribution is 0.899. The molecular formula is C22H15Cl2N3. The van der Waals surface area contributed by atoms with Crippen molar-refractivity contribution in [1.82, 2.24) is 9.55 Å². The fourth-order valence-electron chi connectivity index (χ4n) is 2.93. The third-order valence-corrected chi connectivity index (χ3v) is 4.95. The molecule has 4 rings (SSSR count). The molecule has 0 aliphatic heterocycles. The van der Waals surface area contributed by atoms with E-state index in [4.69, 9.17) is 33.6 Å². The minimum Gasteiger partial charge on any atom is -0.284 e. The molecule has 5 heteroatoms. The van der Waals surface area contributed by atoms with Crippen LogP contribution in [0.4, 0.5) is 0 Å². The van der Waals surface area contributed by atoms with Crippen molar-refractivity contribution in [3.63, 3.8) is 0 Å². The van der Waals surface area contributed by atoms with Gasteiger partial charge in [0.05, 0.1) is 21.4 Å². The predicted molar refractivity (Wildman–Crippen MR) is 110 cm³/mol. The lowest BCUT2D eigenvalue weighted by atomic mass is 10.1. The van der Waals surface area contributed by atoms with E-state index in [1.807, 2.05) is 66.7 Å². The maximum Gasteiger partial charge on any atom is 0.146 e. The molecule has 0 amide bonds. The third kappa shape index (κ3) is 3.52. The van der Waals surface area contributed by atoms with Gasteiger partial charge in [-0.1, -0.05) is 83.9 Å². The van der Waals surface area contributed by atoms with Gasteiger partial charge in [0.2, 0.25) is 0 Å². The summed E-state index contributed by atoms with van der Waals surface area (Å²) < 4.78 is 1.77. The van der Waals surface area contributed by atoms with Crippen LogP contribution < -0.4 is 5.49 Å². The average molecular weight is 392 g/mol. The van der Waals surface area contributed by atoms with E-state index in [2.05, 4.69) is 0 Å². The largest absolute Gasteiger partial charge is 0.284 e. The SMILES string of the molecule is N=c1cc(-c2ccccc2)nc(-c2ccccc2)n1-c1ccc(Cl)c(Cl)c1. The molecule has 0 spiro atoms. The lowest BCUT2D eigenvalue weighted by Gasteiger charge is -2.16. The molecule has 0 atom stereocenters. The van der Waals surface area contributed by atoms with Crippen molar-refractivity contribution in [3.8, 4) is 28.3 Å². The standard InChI is InChI=1S/C22H15Cl2N3/c23-18-12-11-17(13-19(18)24)27-21(25)14-20(15-7-3-1-4-8-15)26-22(27)16-9-5-2-6-10-16/h1-14,25H. The molecule has 0 radical (unpaired) electrons. The first kappa shape index (κ1) is 17.5. The van der Waals surface area contributed by atoms with Gasteiger partial charge >= 0.3 is 0 Å². The van der Waals surface area contributed by atoms with Crippen LogP contribution in [-0.4, -0.2) is 9.55 Å². The average Bonchev–Trinajstić information content (AvgIpc) is 2.71. The van der Waals surface area contributed by atoms with Crippen LogP contribution in [0.5, 0.6) is 0 Å². The highest BCUT2D eigenvalue weighted by Gasteiger charge is 2.13. The van der Waals surface area contributed by atoms with Crippen LogP contribution in [0, 0.1) is 5.41 Å². The van der Waals surface area contributed by atoms with Crippen molar-refractivity contribution in [3.05, 3.63) is 100 Å². The summed E-state index contributed by atoms with van der Waals surface area (Å²) in [6, 6.07) is 26.7. The van der Waals surface area contributed by atoms with E-state index in [0.29, 0.717) is 21.4 Å². The maximum absolute atomic E-state index is 8.66. The van der Waals surface area contributed by atoms with Crippen LogP contribution in [0.1, 0.15) is 0 Å². The zero-order chi connectivity index (χ0) is 18.8. The van der Waals surface area contributed by atoms with E-state index in [1.165, 1.54) is 0 Å². The molecule has 3 nitrogen and oxygen atoms in total. The van der Waals surface area contributed by atoms with Gasteiger partial charge in [-0.2, -0.15) is 0 Å². The summed E-state index contributed by atoms with van der Waals surface area (Å²) in [5, 5.41) is 9.57. The number of aromatic nitrogens is 2. The molecule has 1 heterocycles. The van der Waals surface area contributed by atoms with E-state index in [1.54, 1.807) is 22.8 Å². The monoisotopic (exact) mass is 391 g/mol. The fourth-order valence-corrected chi connectivity index (χ4v) is 3.22. The predicted octanol–water partition coefficient (Wildman–Crippen LogP) is 5.99. The summed E-state index contributed by atoms with van der Waals surface area (Å²) >= 11 is 12.3. The molecule has 0 aliphatic carbocycles. The van der Waals surface area contributed by atoms with Crippen LogP contribution in [0.15, 0.2) is 84.9 Å². The van der Waals surface area contributed by atoms with Crippen molar-refractivity contribution < 1.29 is 0 Å². The summed E-state index contributed by atoms with van der Waals surface area (Å²) in [7, 11) is 0. The summed E-state index contributed by atoms with van der Waals surface area (Å²) in [4.78, 5) is 4.87. The number of hydrogen-bond donors (Lipinski definition) is 1. The van der Waals surface area contributed by atoms with E-state index in [-0.39, 0.29) is 0 Å². The fraction of sp³-hybridized carbons (Fsp3) is 0. The Bertz CT molecular complexity index is 1150. The van der Waals surface area contributed by atoms with Crippen molar-refractivity contribution in [2.45, 2.75) is 0 Å². The van der Waals surface area contributed by atoms with Crippen LogP contribution in [0.25, 0.3) is 28.3 Å². The molecule has 0 bridgehead atoms. The van der Waals surface area contributed by atoms with Gasteiger partial charge in [0.15, 0.2) is 0 Å². The smallest absolute Gasteiger partial charge is 0.146 e. The molecule has 0 aliphatic rings. The summed E-state index contributed by atoms with van der Waals surface area (Å²) in [5.74, 6) is 0.667. The number of benzene rings is 3. The first-order valence-corrected chi connectivity index (χ1v) is 9.14. The second-order valence-corrected chi connectivity index (χ2v) is 6.83. The number of rotatable bonds is 3. The summed E-state index contributed by atoms with van der Waals surface area (Å²) in [6.45, 7) is 0. The van der Waals surface area contributed by atoms with Gasteiger partial charge in [0.25, 0.3) is 0 Å². The highest BCUT2D eigenvalue weighted by molar-refractivity contribution is 6.42. The Morgan fingerprint density at radius 2 is 1.33 bits per heavy atom. The van der Waals surface area contributed by atoms with Gasteiger partial charge in [0, 0.05) is 17.2 Å². The molecule has 27 heavy (non-hydrogen) atoms. The van der Waals surface area contributed by atoms with Crippen molar-refractivity contribution in [2.75, 3.05) is 0 Å². The Morgan fingerprint density at radius 3 is 1.96 bits per heavy atom. The second-order valence-electron chi connectivity index (χ2n) is 6.02. The van der Waals surface area contributed by atoms with Crippen LogP contribution in [-0.2, 0) is 0 Å². The zero-order valence-electron chi connectivity index (χ0n) is 14.2. The molecule has 0 saturated heterocycles. The van der Waals surface area contributed by atoms with Gasteiger partial charge in [-0.25, -0.2) is 4.98 Å². The van der Waals surface area contributed by atoms with Crippen LogP contribution in [0.2, 0.25) is 10.0 Å². The lowest BCUT2D eigenvalue weighted by Crippen LogP contribution is -2.21. The summed E-state index contributed by atoms with van der Waals surface area (Å²) in [5.41, 5.74) is 3.66. The number of hydrogen-bond acceptors (Lipinski definition) is 2. The molecule has 1 N–H and O–H groups in total. The van der Waals surface area contributed by atoms with Gasteiger partial charge in [0.1, 0.15) is 11.3 Å². The molecule has 0 saturated carbocycles. The van der Waals surface area contributed by atoms with Gasteiger partial charge < -0.3 is 0 Å². The first-order chi connectivity index (χ1) is 13.1. The van der Waals surface area contributed by atoms with Gasteiger partial charge in [-0.05, 0) is 18.2 Å². The number of nitrogens with zero attached hydrogens (tertiary/aromatic N) is 2. The van der Waals surface area contributed by atoms with Crippen LogP contribution in [0.3, 0.4) is 0 Å². The van der Waals surface area contributed by atoms with E-state index in [9.17, 15) is 0 Å². The number of nitrogens with one attached hydrogen (secondary N) is 1. The third-order valence-electron chi connectivity index (χ3n) is 4.22. The molecule has 1 aromatic heterocycles. The minimum absolute atomic E-state index is 0.307. The Labute approximate surface area is 167 Å².